The summed E-state index contributed by atoms with van der Waals surface area (Å²) in [6.45, 7) is 2.07. The average Bonchev–Trinajstić information content (AvgIpc) is 2.17. The summed E-state index contributed by atoms with van der Waals surface area (Å²) < 4.78 is 5.10. The van der Waals surface area contributed by atoms with Gasteiger partial charge in [0.05, 0.1) is 17.2 Å². The Morgan fingerprint density at radius 2 is 2.20 bits per heavy atom. The third-order valence-corrected chi connectivity index (χ3v) is 1.91. The van der Waals surface area contributed by atoms with Gasteiger partial charge in [0, 0.05) is 0 Å². The van der Waals surface area contributed by atoms with Gasteiger partial charge in [-0.3, -0.25) is 0 Å². The fraction of sp³-hybridized carbons (Fsp3) is 0.200. The van der Waals surface area contributed by atoms with Gasteiger partial charge >= 0.3 is 6.09 Å². The quantitative estimate of drug-likeness (QED) is 0.624. The molecule has 0 saturated carbocycles. The number of aliphatic imine (C=N–C) groups is 1. The minimum absolute atomic E-state index is 0.0237. The van der Waals surface area contributed by atoms with Crippen LogP contribution in [0.1, 0.15) is 12.5 Å². The van der Waals surface area contributed by atoms with Gasteiger partial charge in [0.2, 0.25) is 5.90 Å². The molecular formula is C10H10ClNO3. The number of hydrogen-bond acceptors (Lipinski definition) is 2. The summed E-state index contributed by atoms with van der Waals surface area (Å²) in [6, 6.07) is 6.78. The highest BCUT2D eigenvalue weighted by atomic mass is 35.5. The lowest BCUT2D eigenvalue weighted by Crippen LogP contribution is -2.09. The molecule has 0 aliphatic rings. The lowest BCUT2D eigenvalue weighted by Gasteiger charge is -2.07. The second-order valence-corrected chi connectivity index (χ2v) is 3.02. The zero-order chi connectivity index (χ0) is 11.3. The number of halogens is 1. The zero-order valence-electron chi connectivity index (χ0n) is 8.11. The summed E-state index contributed by atoms with van der Waals surface area (Å²) in [4.78, 5) is 13.8. The lowest BCUT2D eigenvalue weighted by atomic mass is 10.2. The van der Waals surface area contributed by atoms with Crippen molar-refractivity contribution in [1.29, 1.82) is 0 Å². The molecule has 0 aliphatic carbocycles. The van der Waals surface area contributed by atoms with Crippen LogP contribution < -0.4 is 0 Å². The van der Waals surface area contributed by atoms with Crippen LogP contribution in [0.3, 0.4) is 0 Å². The second kappa shape index (κ2) is 5.36. The molecule has 0 radical (unpaired) electrons. The van der Waals surface area contributed by atoms with E-state index in [1.165, 1.54) is 0 Å². The Bertz CT molecular complexity index is 390. The zero-order valence-corrected chi connectivity index (χ0v) is 8.86. The van der Waals surface area contributed by atoms with Crippen LogP contribution in [0.15, 0.2) is 29.3 Å². The van der Waals surface area contributed by atoms with Gasteiger partial charge in [-0.2, -0.15) is 0 Å². The van der Waals surface area contributed by atoms with Crippen molar-refractivity contribution in [2.45, 2.75) is 6.92 Å². The maximum Gasteiger partial charge on any atom is 0.434 e. The van der Waals surface area contributed by atoms with E-state index in [-0.39, 0.29) is 5.90 Å². The first-order valence-corrected chi connectivity index (χ1v) is 4.72. The number of ether oxygens (including phenoxy) is 1. The van der Waals surface area contributed by atoms with Crippen molar-refractivity contribution in [3.63, 3.8) is 0 Å². The van der Waals surface area contributed by atoms with E-state index >= 15 is 0 Å². The first kappa shape index (κ1) is 11.5. The first-order chi connectivity index (χ1) is 7.15. The van der Waals surface area contributed by atoms with Gasteiger partial charge in [-0.15, -0.1) is 4.99 Å². The van der Waals surface area contributed by atoms with E-state index in [1.54, 1.807) is 31.2 Å². The fourth-order valence-corrected chi connectivity index (χ4v) is 1.25. The van der Waals surface area contributed by atoms with Crippen LogP contribution in [0.4, 0.5) is 4.79 Å². The highest BCUT2D eigenvalue weighted by molar-refractivity contribution is 6.34. The molecule has 1 amide bonds. The Hall–Kier alpha value is -1.55. The number of hydrogen-bond donors (Lipinski definition) is 1. The Balaban J connectivity index is 3.10. The van der Waals surface area contributed by atoms with E-state index in [0.29, 0.717) is 17.2 Å². The van der Waals surface area contributed by atoms with Crippen LogP contribution in [0.5, 0.6) is 0 Å². The summed E-state index contributed by atoms with van der Waals surface area (Å²) in [6.07, 6.45) is -1.31. The molecule has 1 N–H and O–H groups in total. The van der Waals surface area contributed by atoms with Crippen LogP contribution in [0.2, 0.25) is 5.02 Å². The third-order valence-electron chi connectivity index (χ3n) is 1.58. The molecular weight excluding hydrogens is 218 g/mol. The average molecular weight is 228 g/mol. The minimum Gasteiger partial charge on any atom is -0.477 e. The van der Waals surface area contributed by atoms with E-state index in [0.717, 1.165) is 0 Å². The molecule has 15 heavy (non-hydrogen) atoms. The van der Waals surface area contributed by atoms with E-state index in [4.69, 9.17) is 21.4 Å². The summed E-state index contributed by atoms with van der Waals surface area (Å²) in [5.41, 5.74) is 0.475. The van der Waals surface area contributed by atoms with E-state index in [1.807, 2.05) is 0 Å². The summed E-state index contributed by atoms with van der Waals surface area (Å²) in [5, 5.41) is 8.96. The molecule has 0 aromatic heterocycles. The summed E-state index contributed by atoms with van der Waals surface area (Å²) in [7, 11) is 0. The van der Waals surface area contributed by atoms with Crippen molar-refractivity contribution in [3.8, 4) is 0 Å². The summed E-state index contributed by atoms with van der Waals surface area (Å²) >= 11 is 5.88. The SMILES string of the molecule is CCO/C(=N/C(=O)O)c1ccccc1Cl. The highest BCUT2D eigenvalue weighted by Crippen LogP contribution is 2.16. The van der Waals surface area contributed by atoms with Gasteiger partial charge in [-0.05, 0) is 19.1 Å². The second-order valence-electron chi connectivity index (χ2n) is 2.61. The van der Waals surface area contributed by atoms with E-state index in [2.05, 4.69) is 4.99 Å². The van der Waals surface area contributed by atoms with Crippen molar-refractivity contribution in [3.05, 3.63) is 34.9 Å². The van der Waals surface area contributed by atoms with Gasteiger partial charge in [-0.1, -0.05) is 23.7 Å². The van der Waals surface area contributed by atoms with Crippen molar-refractivity contribution < 1.29 is 14.6 Å². The Kier molecular flexibility index (Phi) is 4.12. The standard InChI is InChI=1S/C10H10ClNO3/c1-2-15-9(12-10(13)14)7-5-3-4-6-8(7)11/h3-6H,2H2,1H3,(H,13,14)/b12-9+. The van der Waals surface area contributed by atoms with Crippen LogP contribution >= 0.6 is 11.6 Å². The first-order valence-electron chi connectivity index (χ1n) is 4.34. The molecule has 1 aromatic rings. The molecule has 0 heterocycles. The fourth-order valence-electron chi connectivity index (χ4n) is 1.03. The molecule has 0 spiro atoms. The Morgan fingerprint density at radius 3 is 2.73 bits per heavy atom. The number of amides is 1. The predicted molar refractivity (Wildman–Crippen MR) is 57.6 cm³/mol. The lowest BCUT2D eigenvalue weighted by molar-refractivity contribution is 0.204. The molecule has 0 bridgehead atoms. The molecule has 0 unspecified atom stereocenters. The molecule has 0 aliphatic heterocycles. The number of carbonyl (C=O) groups is 1. The van der Waals surface area contributed by atoms with Gasteiger partial charge < -0.3 is 9.84 Å². The molecule has 80 valence electrons. The molecule has 5 heteroatoms. The monoisotopic (exact) mass is 227 g/mol. The van der Waals surface area contributed by atoms with Crippen LogP contribution in [-0.2, 0) is 4.74 Å². The Labute approximate surface area is 92.2 Å². The van der Waals surface area contributed by atoms with Crippen molar-refractivity contribution >= 4 is 23.6 Å². The largest absolute Gasteiger partial charge is 0.477 e. The third kappa shape index (κ3) is 3.25. The van der Waals surface area contributed by atoms with Crippen LogP contribution in [0, 0.1) is 0 Å². The van der Waals surface area contributed by atoms with E-state index < -0.39 is 6.09 Å². The summed E-state index contributed by atoms with van der Waals surface area (Å²) in [5.74, 6) is 0.0237. The minimum atomic E-state index is -1.31. The number of carboxylic acid groups (broad SMARTS) is 1. The topological polar surface area (TPSA) is 58.9 Å². The smallest absolute Gasteiger partial charge is 0.434 e. The maximum absolute atomic E-state index is 10.5. The normalized spacial score (nSPS) is 11.2. The van der Waals surface area contributed by atoms with Crippen molar-refractivity contribution in [1.82, 2.24) is 0 Å². The number of rotatable bonds is 2. The van der Waals surface area contributed by atoms with Gasteiger partial charge in [-0.25, -0.2) is 4.79 Å². The van der Waals surface area contributed by atoms with Gasteiger partial charge in [0.25, 0.3) is 0 Å². The molecule has 0 atom stereocenters. The molecule has 0 saturated heterocycles. The molecule has 1 rings (SSSR count). The maximum atomic E-state index is 10.5. The van der Waals surface area contributed by atoms with Crippen LogP contribution in [0.25, 0.3) is 0 Å². The van der Waals surface area contributed by atoms with E-state index in [9.17, 15) is 4.79 Å². The number of benzene rings is 1. The number of nitrogens with zero attached hydrogens (tertiary/aromatic N) is 1. The van der Waals surface area contributed by atoms with Gasteiger partial charge in [0.1, 0.15) is 0 Å². The van der Waals surface area contributed by atoms with Crippen molar-refractivity contribution in [2.75, 3.05) is 6.61 Å². The molecule has 1 aromatic carbocycles. The van der Waals surface area contributed by atoms with Gasteiger partial charge in [0.15, 0.2) is 0 Å². The van der Waals surface area contributed by atoms with Crippen molar-refractivity contribution in [2.24, 2.45) is 4.99 Å². The molecule has 4 nitrogen and oxygen atoms in total. The Morgan fingerprint density at radius 1 is 1.53 bits per heavy atom. The predicted octanol–water partition coefficient (Wildman–Crippen LogP) is 2.80. The van der Waals surface area contributed by atoms with Crippen LogP contribution in [-0.4, -0.2) is 23.7 Å². The highest BCUT2D eigenvalue weighted by Gasteiger charge is 2.10. The molecule has 0 fully saturated rings.